The van der Waals surface area contributed by atoms with Gasteiger partial charge in [0.15, 0.2) is 0 Å². The Morgan fingerprint density at radius 2 is 1.94 bits per heavy atom. The lowest BCUT2D eigenvalue weighted by Gasteiger charge is -2.53. The standard InChI is InChI=1S/C25H26N8O/c1-32-14-19(13-29-32)20-3-2-18-12-28-22(11-21(18)30-20)31-24(34)17-4-7-27-23(10-17)33-15-25(16-33)5-8-26-9-6-25/h2-4,7,10-14,26H,5-6,8-9,15-16H2,1H3,(H,28,31,34). The summed E-state index contributed by atoms with van der Waals surface area (Å²) in [5.41, 5.74) is 3.49. The minimum atomic E-state index is -0.212. The summed E-state index contributed by atoms with van der Waals surface area (Å²) < 4.78 is 1.74. The molecule has 0 aromatic carbocycles. The molecule has 9 nitrogen and oxygen atoms in total. The molecule has 0 saturated carbocycles. The Kier molecular flexibility index (Phi) is 4.99. The summed E-state index contributed by atoms with van der Waals surface area (Å²) in [5.74, 6) is 1.10. The van der Waals surface area contributed by atoms with Crippen LogP contribution in [0.25, 0.3) is 22.2 Å². The van der Waals surface area contributed by atoms with E-state index in [0.29, 0.717) is 16.8 Å². The van der Waals surface area contributed by atoms with Gasteiger partial charge in [-0.1, -0.05) is 0 Å². The number of nitrogens with zero attached hydrogens (tertiary/aromatic N) is 6. The molecule has 34 heavy (non-hydrogen) atoms. The summed E-state index contributed by atoms with van der Waals surface area (Å²) in [7, 11) is 1.88. The van der Waals surface area contributed by atoms with E-state index in [2.05, 4.69) is 30.6 Å². The molecule has 6 rings (SSSR count). The number of nitrogens with one attached hydrogen (secondary N) is 2. The Morgan fingerprint density at radius 3 is 2.74 bits per heavy atom. The number of hydrogen-bond donors (Lipinski definition) is 2. The number of carbonyl (C=O) groups is 1. The van der Waals surface area contributed by atoms with Crippen LogP contribution in [0.5, 0.6) is 0 Å². The SMILES string of the molecule is Cn1cc(-c2ccc3cnc(NC(=O)c4ccnc(N5CC6(CCNCC6)C5)c4)cc3n2)cn1. The molecule has 9 heteroatoms. The zero-order valence-electron chi connectivity index (χ0n) is 19.0. The smallest absolute Gasteiger partial charge is 0.257 e. The number of aryl methyl sites for hydroxylation is 1. The van der Waals surface area contributed by atoms with Crippen molar-refractivity contribution in [3.05, 3.63) is 60.7 Å². The summed E-state index contributed by atoms with van der Waals surface area (Å²) in [5, 5.41) is 11.5. The van der Waals surface area contributed by atoms with Gasteiger partial charge >= 0.3 is 0 Å². The van der Waals surface area contributed by atoms with Crippen molar-refractivity contribution in [1.82, 2.24) is 30.0 Å². The van der Waals surface area contributed by atoms with Crippen LogP contribution < -0.4 is 15.5 Å². The molecule has 2 N–H and O–H groups in total. The number of fused-ring (bicyclic) bond motifs is 1. The van der Waals surface area contributed by atoms with Crippen LogP contribution in [-0.4, -0.2) is 56.8 Å². The average Bonchev–Trinajstić information content (AvgIpc) is 3.29. The van der Waals surface area contributed by atoms with Gasteiger partial charge < -0.3 is 15.5 Å². The lowest BCUT2D eigenvalue weighted by atomic mass is 9.72. The van der Waals surface area contributed by atoms with Gasteiger partial charge in [-0.15, -0.1) is 0 Å². The lowest BCUT2D eigenvalue weighted by Crippen LogP contribution is -2.60. The molecule has 2 aliphatic heterocycles. The first-order chi connectivity index (χ1) is 16.6. The van der Waals surface area contributed by atoms with Crippen LogP contribution in [0.15, 0.2) is 55.1 Å². The van der Waals surface area contributed by atoms with Crippen molar-refractivity contribution in [2.75, 3.05) is 36.4 Å². The first-order valence-electron chi connectivity index (χ1n) is 11.6. The molecule has 4 aromatic rings. The number of aromatic nitrogens is 5. The third kappa shape index (κ3) is 3.88. The van der Waals surface area contributed by atoms with E-state index >= 15 is 0 Å². The maximum Gasteiger partial charge on any atom is 0.257 e. The number of rotatable bonds is 4. The van der Waals surface area contributed by atoms with Gasteiger partial charge in [0, 0.05) is 66.7 Å². The predicted octanol–water partition coefficient (Wildman–Crippen LogP) is 2.87. The average molecular weight is 455 g/mol. The van der Waals surface area contributed by atoms with Crippen molar-refractivity contribution in [2.24, 2.45) is 12.5 Å². The Balaban J connectivity index is 1.18. The van der Waals surface area contributed by atoms with E-state index in [9.17, 15) is 4.79 Å². The molecule has 0 bridgehead atoms. The summed E-state index contributed by atoms with van der Waals surface area (Å²) in [6.45, 7) is 4.18. The molecule has 2 aliphatic rings. The molecular formula is C25H26N8O. The fourth-order valence-corrected chi connectivity index (χ4v) is 4.92. The second-order valence-corrected chi connectivity index (χ2v) is 9.32. The van der Waals surface area contributed by atoms with Gasteiger partial charge in [0.2, 0.25) is 0 Å². The van der Waals surface area contributed by atoms with Gasteiger partial charge in [-0.25, -0.2) is 15.0 Å². The topological polar surface area (TPSA) is 101 Å². The van der Waals surface area contributed by atoms with E-state index in [1.807, 2.05) is 31.4 Å². The van der Waals surface area contributed by atoms with Crippen molar-refractivity contribution < 1.29 is 4.79 Å². The Labute approximate surface area is 197 Å². The van der Waals surface area contributed by atoms with E-state index in [0.717, 1.165) is 54.2 Å². The maximum absolute atomic E-state index is 13.0. The van der Waals surface area contributed by atoms with Crippen molar-refractivity contribution in [3.63, 3.8) is 0 Å². The number of hydrogen-bond acceptors (Lipinski definition) is 7. The number of piperidine rings is 1. The fraction of sp³-hybridized carbons (Fsp3) is 0.320. The lowest BCUT2D eigenvalue weighted by molar-refractivity contribution is 0.102. The molecule has 1 amide bonds. The van der Waals surface area contributed by atoms with Crippen LogP contribution in [-0.2, 0) is 7.05 Å². The number of amides is 1. The van der Waals surface area contributed by atoms with E-state index in [1.165, 1.54) is 12.8 Å². The highest BCUT2D eigenvalue weighted by Gasteiger charge is 2.43. The molecule has 1 spiro atoms. The van der Waals surface area contributed by atoms with Crippen LogP contribution in [0.2, 0.25) is 0 Å². The highest BCUT2D eigenvalue weighted by Crippen LogP contribution is 2.40. The van der Waals surface area contributed by atoms with Gasteiger partial charge in [0.1, 0.15) is 11.6 Å². The quantitative estimate of drug-likeness (QED) is 0.489. The van der Waals surface area contributed by atoms with Crippen LogP contribution in [0.1, 0.15) is 23.2 Å². The first-order valence-corrected chi connectivity index (χ1v) is 11.6. The number of carbonyl (C=O) groups excluding carboxylic acids is 1. The normalized spacial score (nSPS) is 17.0. The van der Waals surface area contributed by atoms with E-state index in [1.54, 1.807) is 35.4 Å². The summed E-state index contributed by atoms with van der Waals surface area (Å²) in [6.07, 6.45) is 9.53. The number of anilines is 2. The molecular weight excluding hydrogens is 428 g/mol. The fourth-order valence-electron chi connectivity index (χ4n) is 4.92. The van der Waals surface area contributed by atoms with Crippen molar-refractivity contribution in [3.8, 4) is 11.3 Å². The third-order valence-corrected chi connectivity index (χ3v) is 6.86. The zero-order chi connectivity index (χ0) is 23.1. The molecule has 0 radical (unpaired) electrons. The Hall–Kier alpha value is -3.85. The van der Waals surface area contributed by atoms with Crippen molar-refractivity contribution in [2.45, 2.75) is 12.8 Å². The first kappa shape index (κ1) is 20.7. The van der Waals surface area contributed by atoms with Crippen LogP contribution >= 0.6 is 0 Å². The highest BCUT2D eigenvalue weighted by atomic mass is 16.1. The van der Waals surface area contributed by atoms with Crippen LogP contribution in [0.4, 0.5) is 11.6 Å². The van der Waals surface area contributed by atoms with E-state index in [-0.39, 0.29) is 5.91 Å². The minimum Gasteiger partial charge on any atom is -0.355 e. The molecule has 0 unspecified atom stereocenters. The number of pyridine rings is 3. The minimum absolute atomic E-state index is 0.212. The van der Waals surface area contributed by atoms with Crippen LogP contribution in [0.3, 0.4) is 0 Å². The third-order valence-electron chi connectivity index (χ3n) is 6.86. The molecule has 6 heterocycles. The van der Waals surface area contributed by atoms with E-state index in [4.69, 9.17) is 4.98 Å². The Bertz CT molecular complexity index is 1370. The zero-order valence-corrected chi connectivity index (χ0v) is 19.0. The predicted molar refractivity (Wildman–Crippen MR) is 131 cm³/mol. The van der Waals surface area contributed by atoms with Crippen molar-refractivity contribution in [1.29, 1.82) is 0 Å². The monoisotopic (exact) mass is 454 g/mol. The van der Waals surface area contributed by atoms with Gasteiger partial charge in [-0.2, -0.15) is 5.10 Å². The second-order valence-electron chi connectivity index (χ2n) is 9.32. The summed E-state index contributed by atoms with van der Waals surface area (Å²) in [6, 6.07) is 9.31. The summed E-state index contributed by atoms with van der Waals surface area (Å²) in [4.78, 5) is 28.9. The maximum atomic E-state index is 13.0. The molecule has 172 valence electrons. The molecule has 0 atom stereocenters. The van der Waals surface area contributed by atoms with E-state index < -0.39 is 0 Å². The second kappa shape index (κ2) is 8.18. The molecule has 2 fully saturated rings. The molecule has 4 aromatic heterocycles. The van der Waals surface area contributed by atoms with Gasteiger partial charge in [0.05, 0.1) is 17.4 Å². The Morgan fingerprint density at radius 1 is 1.09 bits per heavy atom. The van der Waals surface area contributed by atoms with Crippen molar-refractivity contribution >= 4 is 28.4 Å². The van der Waals surface area contributed by atoms with Gasteiger partial charge in [-0.3, -0.25) is 9.48 Å². The highest BCUT2D eigenvalue weighted by molar-refractivity contribution is 6.04. The molecule has 2 saturated heterocycles. The van der Waals surface area contributed by atoms with Gasteiger partial charge in [-0.05, 0) is 50.2 Å². The van der Waals surface area contributed by atoms with Gasteiger partial charge in [0.25, 0.3) is 5.91 Å². The molecule has 0 aliphatic carbocycles. The largest absolute Gasteiger partial charge is 0.355 e. The van der Waals surface area contributed by atoms with Crippen LogP contribution in [0, 0.1) is 5.41 Å². The summed E-state index contributed by atoms with van der Waals surface area (Å²) >= 11 is 0.